The highest BCUT2D eigenvalue weighted by molar-refractivity contribution is 7.92. The zero-order valence-corrected chi connectivity index (χ0v) is 19.7. The Kier molecular flexibility index (Phi) is 5.96. The van der Waals surface area contributed by atoms with E-state index in [1.54, 1.807) is 30.8 Å². The first kappa shape index (κ1) is 23.2. The van der Waals surface area contributed by atoms with Crippen LogP contribution in [-0.4, -0.2) is 36.2 Å². The molecule has 1 amide bonds. The van der Waals surface area contributed by atoms with Gasteiger partial charge in [-0.15, -0.1) is 0 Å². The maximum absolute atomic E-state index is 13.2. The molecule has 11 heteroatoms. The van der Waals surface area contributed by atoms with E-state index in [2.05, 4.69) is 20.1 Å². The largest absolute Gasteiger partial charge is 0.495 e. The Morgan fingerprint density at radius 1 is 1.06 bits per heavy atom. The van der Waals surface area contributed by atoms with Gasteiger partial charge in [-0.2, -0.15) is 5.10 Å². The normalized spacial score (nSPS) is 11.4. The molecule has 0 aliphatic heterocycles. The van der Waals surface area contributed by atoms with Crippen molar-refractivity contribution in [3.63, 3.8) is 0 Å². The first-order valence-electron chi connectivity index (χ1n) is 10.2. The lowest BCUT2D eigenvalue weighted by Crippen LogP contribution is -2.16. The number of aryl methyl sites for hydroxylation is 3. The lowest BCUT2D eigenvalue weighted by Gasteiger charge is -2.14. The summed E-state index contributed by atoms with van der Waals surface area (Å²) in [7, 11) is -0.844. The SMILES string of the molecule is COc1ccc(NC(=O)c2cc3c(C)nn(C)c3nc2C)cc1NS(=O)(=O)c1ccc(F)cc1. The van der Waals surface area contributed by atoms with Crippen LogP contribution in [0.1, 0.15) is 21.7 Å². The third-order valence-electron chi connectivity index (χ3n) is 5.26. The molecule has 2 N–H and O–H groups in total. The lowest BCUT2D eigenvalue weighted by molar-refractivity contribution is 0.102. The summed E-state index contributed by atoms with van der Waals surface area (Å²) < 4.78 is 48.0. The van der Waals surface area contributed by atoms with Crippen molar-refractivity contribution in [2.75, 3.05) is 17.1 Å². The third-order valence-corrected chi connectivity index (χ3v) is 6.64. The maximum atomic E-state index is 13.2. The maximum Gasteiger partial charge on any atom is 0.262 e. The van der Waals surface area contributed by atoms with E-state index in [0.717, 1.165) is 35.3 Å². The number of pyridine rings is 1. The highest BCUT2D eigenvalue weighted by Crippen LogP contribution is 2.30. The van der Waals surface area contributed by atoms with Gasteiger partial charge in [0.25, 0.3) is 15.9 Å². The van der Waals surface area contributed by atoms with Crippen LogP contribution in [0.2, 0.25) is 0 Å². The Morgan fingerprint density at radius 2 is 1.76 bits per heavy atom. The summed E-state index contributed by atoms with van der Waals surface area (Å²) in [5, 5.41) is 7.87. The highest BCUT2D eigenvalue weighted by atomic mass is 32.2. The minimum atomic E-state index is -4.02. The van der Waals surface area contributed by atoms with Crippen LogP contribution in [0.25, 0.3) is 11.0 Å². The lowest BCUT2D eigenvalue weighted by atomic mass is 10.1. The van der Waals surface area contributed by atoms with Crippen molar-refractivity contribution in [3.8, 4) is 5.75 Å². The highest BCUT2D eigenvalue weighted by Gasteiger charge is 2.19. The molecule has 34 heavy (non-hydrogen) atoms. The topological polar surface area (TPSA) is 115 Å². The number of aromatic nitrogens is 3. The Morgan fingerprint density at radius 3 is 2.44 bits per heavy atom. The molecule has 0 radical (unpaired) electrons. The van der Waals surface area contributed by atoms with Gasteiger partial charge >= 0.3 is 0 Å². The van der Waals surface area contributed by atoms with Gasteiger partial charge < -0.3 is 10.1 Å². The summed E-state index contributed by atoms with van der Waals surface area (Å²) in [4.78, 5) is 17.4. The number of halogens is 1. The van der Waals surface area contributed by atoms with E-state index < -0.39 is 21.7 Å². The van der Waals surface area contributed by atoms with Gasteiger partial charge in [0, 0.05) is 18.1 Å². The Balaban J connectivity index is 1.64. The van der Waals surface area contributed by atoms with Gasteiger partial charge in [-0.1, -0.05) is 0 Å². The zero-order chi connectivity index (χ0) is 24.6. The monoisotopic (exact) mass is 483 g/mol. The van der Waals surface area contributed by atoms with Crippen LogP contribution in [0.3, 0.4) is 0 Å². The zero-order valence-electron chi connectivity index (χ0n) is 18.9. The molecule has 4 rings (SSSR count). The molecule has 0 saturated heterocycles. The molecule has 0 atom stereocenters. The molecule has 2 aromatic heterocycles. The van der Waals surface area contributed by atoms with Crippen LogP contribution < -0.4 is 14.8 Å². The summed E-state index contributed by atoms with van der Waals surface area (Å²) in [6.45, 7) is 3.57. The number of ether oxygens (including phenoxy) is 1. The van der Waals surface area contributed by atoms with Crippen molar-refractivity contribution in [1.29, 1.82) is 0 Å². The van der Waals surface area contributed by atoms with Gasteiger partial charge in [-0.25, -0.2) is 17.8 Å². The predicted molar refractivity (Wildman–Crippen MR) is 126 cm³/mol. The van der Waals surface area contributed by atoms with Gasteiger partial charge in [0.15, 0.2) is 5.65 Å². The molecule has 0 aliphatic rings. The van der Waals surface area contributed by atoms with Crippen LogP contribution in [0.15, 0.2) is 53.4 Å². The van der Waals surface area contributed by atoms with Crippen LogP contribution in [0, 0.1) is 19.7 Å². The number of methoxy groups -OCH3 is 1. The molecular weight excluding hydrogens is 461 g/mol. The number of amides is 1. The standard InChI is InChI=1S/C23H22FN5O4S/c1-13-19(12-18-14(2)27-29(3)22(18)25-13)23(30)26-16-7-10-21(33-4)20(11-16)28-34(31,32)17-8-5-15(24)6-9-17/h5-12,28H,1-4H3,(H,26,30). The average molecular weight is 484 g/mol. The average Bonchev–Trinajstić information content (AvgIpc) is 3.05. The molecule has 0 fully saturated rings. The van der Waals surface area contributed by atoms with Crippen LogP contribution in [-0.2, 0) is 17.1 Å². The van der Waals surface area contributed by atoms with E-state index in [0.29, 0.717) is 22.6 Å². The van der Waals surface area contributed by atoms with Crippen LogP contribution in [0.4, 0.5) is 15.8 Å². The smallest absolute Gasteiger partial charge is 0.262 e. The second-order valence-corrected chi connectivity index (χ2v) is 9.31. The van der Waals surface area contributed by atoms with E-state index >= 15 is 0 Å². The first-order chi connectivity index (χ1) is 16.1. The second-order valence-electron chi connectivity index (χ2n) is 7.63. The van der Waals surface area contributed by atoms with E-state index in [-0.39, 0.29) is 16.3 Å². The summed E-state index contributed by atoms with van der Waals surface area (Å²) in [6, 6.07) is 10.7. The molecular formula is C23H22FN5O4S. The number of fused-ring (bicyclic) bond motifs is 1. The fraction of sp³-hybridized carbons (Fsp3) is 0.174. The molecule has 176 valence electrons. The summed E-state index contributed by atoms with van der Waals surface area (Å²) >= 11 is 0. The van der Waals surface area contributed by atoms with E-state index in [1.807, 2.05) is 6.92 Å². The van der Waals surface area contributed by atoms with Gasteiger partial charge in [0.1, 0.15) is 11.6 Å². The van der Waals surface area contributed by atoms with Crippen molar-refractivity contribution >= 4 is 38.3 Å². The van der Waals surface area contributed by atoms with Crippen molar-refractivity contribution < 1.29 is 22.3 Å². The number of carbonyl (C=O) groups excluding carboxylic acids is 1. The van der Waals surface area contributed by atoms with Gasteiger partial charge in [-0.05, 0) is 62.4 Å². The van der Waals surface area contributed by atoms with Gasteiger partial charge in [-0.3, -0.25) is 14.2 Å². The number of nitrogens with one attached hydrogen (secondary N) is 2. The Hall–Kier alpha value is -3.99. The van der Waals surface area contributed by atoms with Crippen LogP contribution >= 0.6 is 0 Å². The number of carbonyl (C=O) groups is 1. The first-order valence-corrected chi connectivity index (χ1v) is 11.7. The quantitative estimate of drug-likeness (QED) is 0.431. The Bertz CT molecular complexity index is 1510. The number of benzene rings is 2. The third kappa shape index (κ3) is 4.42. The van der Waals surface area contributed by atoms with Crippen molar-refractivity contribution in [2.24, 2.45) is 7.05 Å². The molecule has 0 spiro atoms. The second kappa shape index (κ2) is 8.75. The molecule has 0 bridgehead atoms. The molecule has 2 aromatic carbocycles. The fourth-order valence-corrected chi connectivity index (χ4v) is 4.60. The fourth-order valence-electron chi connectivity index (χ4n) is 3.54. The number of hydrogen-bond donors (Lipinski definition) is 2. The van der Waals surface area contributed by atoms with E-state index in [4.69, 9.17) is 4.74 Å². The van der Waals surface area contributed by atoms with Crippen molar-refractivity contribution in [1.82, 2.24) is 14.8 Å². The number of anilines is 2. The molecule has 2 heterocycles. The van der Waals surface area contributed by atoms with Crippen LogP contribution in [0.5, 0.6) is 5.75 Å². The number of hydrogen-bond acceptors (Lipinski definition) is 6. The van der Waals surface area contributed by atoms with Gasteiger partial charge in [0.2, 0.25) is 0 Å². The molecule has 0 saturated carbocycles. The molecule has 0 aliphatic carbocycles. The molecule has 4 aromatic rings. The molecule has 9 nitrogen and oxygen atoms in total. The number of rotatable bonds is 6. The summed E-state index contributed by atoms with van der Waals surface area (Å²) in [5.74, 6) is -0.715. The minimum Gasteiger partial charge on any atom is -0.495 e. The van der Waals surface area contributed by atoms with Gasteiger partial charge in [0.05, 0.1) is 34.6 Å². The van der Waals surface area contributed by atoms with Crippen molar-refractivity contribution in [2.45, 2.75) is 18.7 Å². The minimum absolute atomic E-state index is 0.109. The van der Waals surface area contributed by atoms with E-state index in [1.165, 1.54) is 19.2 Å². The predicted octanol–water partition coefficient (Wildman–Crippen LogP) is 3.79. The number of sulfonamides is 1. The molecule has 0 unspecified atom stereocenters. The number of nitrogens with zero attached hydrogens (tertiary/aromatic N) is 3. The summed E-state index contributed by atoms with van der Waals surface area (Å²) in [6.07, 6.45) is 0. The Labute approximate surface area is 195 Å². The summed E-state index contributed by atoms with van der Waals surface area (Å²) in [5.41, 5.74) is 2.77. The van der Waals surface area contributed by atoms with E-state index in [9.17, 15) is 17.6 Å². The van der Waals surface area contributed by atoms with Crippen molar-refractivity contribution in [3.05, 3.63) is 71.3 Å².